The largest absolute Gasteiger partial charge is 0.356 e. The van der Waals surface area contributed by atoms with Crippen molar-refractivity contribution in [2.24, 2.45) is 5.92 Å². The summed E-state index contributed by atoms with van der Waals surface area (Å²) in [6, 6.07) is 1.61. The molecular formula is C14H16ClN3OS. The highest BCUT2D eigenvalue weighted by molar-refractivity contribution is 7.15. The Morgan fingerprint density at radius 1 is 1.65 bits per heavy atom. The number of thiazole rings is 1. The number of aromatic nitrogens is 2. The summed E-state index contributed by atoms with van der Waals surface area (Å²) in [7, 11) is 0. The molecule has 2 N–H and O–H groups in total. The summed E-state index contributed by atoms with van der Waals surface area (Å²) in [5.41, 5.74) is 1.61. The minimum Gasteiger partial charge on any atom is -0.356 e. The van der Waals surface area contributed by atoms with Crippen LogP contribution in [0.15, 0.2) is 12.3 Å². The summed E-state index contributed by atoms with van der Waals surface area (Å²) >= 11 is 7.39. The molecule has 20 heavy (non-hydrogen) atoms. The summed E-state index contributed by atoms with van der Waals surface area (Å²) in [5, 5.41) is 4.05. The van der Waals surface area contributed by atoms with Gasteiger partial charge < -0.3 is 4.98 Å². The van der Waals surface area contributed by atoms with Crippen LogP contribution in [-0.2, 0) is 12.8 Å². The number of carbonyl (C=O) groups is 1. The van der Waals surface area contributed by atoms with Crippen molar-refractivity contribution in [2.75, 3.05) is 5.32 Å². The molecule has 2 heterocycles. The third kappa shape index (κ3) is 2.74. The van der Waals surface area contributed by atoms with E-state index in [0.29, 0.717) is 15.8 Å². The average Bonchev–Trinajstić information content (AvgIpc) is 3.03. The molecule has 4 nitrogen and oxygen atoms in total. The Morgan fingerprint density at radius 2 is 2.50 bits per heavy atom. The first-order valence-corrected chi connectivity index (χ1v) is 7.99. The fraction of sp³-hybridized carbons (Fsp3) is 0.429. The number of fused-ring (bicyclic) bond motifs is 1. The van der Waals surface area contributed by atoms with Crippen molar-refractivity contribution < 1.29 is 4.79 Å². The number of nitrogens with one attached hydrogen (secondary N) is 2. The number of rotatable bonds is 3. The quantitative estimate of drug-likeness (QED) is 0.903. The van der Waals surface area contributed by atoms with Gasteiger partial charge in [0.15, 0.2) is 5.13 Å². The molecule has 0 saturated heterocycles. The van der Waals surface area contributed by atoms with Crippen molar-refractivity contribution in [1.82, 2.24) is 9.97 Å². The zero-order chi connectivity index (χ0) is 14.1. The van der Waals surface area contributed by atoms with Crippen LogP contribution in [0.5, 0.6) is 0 Å². The SMILES string of the molecule is CCC1CCc2nc(NC(=O)c3cc(Cl)c[nH]3)sc2C1. The smallest absolute Gasteiger partial charge is 0.273 e. The van der Waals surface area contributed by atoms with E-state index in [2.05, 4.69) is 22.2 Å². The van der Waals surface area contributed by atoms with Gasteiger partial charge in [0.1, 0.15) is 5.69 Å². The molecule has 0 fully saturated rings. The first kappa shape index (κ1) is 13.6. The molecule has 0 aliphatic heterocycles. The Bertz CT molecular complexity index is 634. The van der Waals surface area contributed by atoms with Gasteiger partial charge in [-0.3, -0.25) is 10.1 Å². The number of aryl methyl sites for hydroxylation is 1. The number of hydrogen-bond donors (Lipinski definition) is 2. The molecule has 1 aliphatic carbocycles. The van der Waals surface area contributed by atoms with Crippen LogP contribution in [0.1, 0.15) is 40.8 Å². The standard InChI is InChI=1S/C14H16ClN3OS/c1-2-8-3-4-10-12(5-8)20-14(17-10)18-13(19)11-6-9(15)7-16-11/h6-8,16H,2-5H2,1H3,(H,17,18,19). The molecule has 1 amide bonds. The average molecular weight is 310 g/mol. The Kier molecular flexibility index (Phi) is 3.81. The van der Waals surface area contributed by atoms with Gasteiger partial charge in [0.05, 0.1) is 10.7 Å². The highest BCUT2D eigenvalue weighted by atomic mass is 35.5. The predicted molar refractivity (Wildman–Crippen MR) is 81.7 cm³/mol. The van der Waals surface area contributed by atoms with E-state index < -0.39 is 0 Å². The third-order valence-electron chi connectivity index (χ3n) is 3.73. The molecule has 0 spiro atoms. The number of amides is 1. The van der Waals surface area contributed by atoms with E-state index in [1.165, 1.54) is 17.7 Å². The van der Waals surface area contributed by atoms with Crippen molar-refractivity contribution in [2.45, 2.75) is 32.6 Å². The van der Waals surface area contributed by atoms with E-state index in [9.17, 15) is 4.79 Å². The lowest BCUT2D eigenvalue weighted by molar-refractivity contribution is 0.102. The van der Waals surface area contributed by atoms with E-state index in [0.717, 1.165) is 24.5 Å². The molecule has 1 aliphatic rings. The maximum Gasteiger partial charge on any atom is 0.273 e. The number of H-pyrrole nitrogens is 1. The van der Waals surface area contributed by atoms with Gasteiger partial charge in [-0.25, -0.2) is 4.98 Å². The lowest BCUT2D eigenvalue weighted by Gasteiger charge is -2.18. The molecule has 6 heteroatoms. The molecule has 3 rings (SSSR count). The third-order valence-corrected chi connectivity index (χ3v) is 4.99. The molecule has 1 unspecified atom stereocenters. The number of anilines is 1. The summed E-state index contributed by atoms with van der Waals surface area (Å²) < 4.78 is 0. The maximum absolute atomic E-state index is 12.0. The van der Waals surface area contributed by atoms with E-state index in [4.69, 9.17) is 11.6 Å². The summed E-state index contributed by atoms with van der Waals surface area (Å²) in [4.78, 5) is 20.7. The first-order chi connectivity index (χ1) is 9.65. The normalized spacial score (nSPS) is 17.8. The lowest BCUT2D eigenvalue weighted by atomic mass is 9.89. The van der Waals surface area contributed by atoms with Crippen LogP contribution >= 0.6 is 22.9 Å². The van der Waals surface area contributed by atoms with Crippen molar-refractivity contribution >= 4 is 34.0 Å². The second-order valence-corrected chi connectivity index (χ2v) is 6.61. The van der Waals surface area contributed by atoms with Crippen molar-refractivity contribution in [3.8, 4) is 0 Å². The Hall–Kier alpha value is -1.33. The highest BCUT2D eigenvalue weighted by Gasteiger charge is 2.22. The van der Waals surface area contributed by atoms with Crippen LogP contribution < -0.4 is 5.32 Å². The maximum atomic E-state index is 12.0. The molecule has 0 bridgehead atoms. The first-order valence-electron chi connectivity index (χ1n) is 6.79. The zero-order valence-electron chi connectivity index (χ0n) is 11.2. The fourth-order valence-electron chi connectivity index (χ4n) is 2.51. The number of halogens is 1. The number of carbonyl (C=O) groups excluding carboxylic acids is 1. The minimum absolute atomic E-state index is 0.199. The fourth-order valence-corrected chi connectivity index (χ4v) is 3.79. The van der Waals surface area contributed by atoms with Gasteiger partial charge >= 0.3 is 0 Å². The lowest BCUT2D eigenvalue weighted by Crippen LogP contribution is -2.12. The highest BCUT2D eigenvalue weighted by Crippen LogP contribution is 2.33. The summed E-state index contributed by atoms with van der Waals surface area (Å²) in [6.45, 7) is 2.23. The van der Waals surface area contributed by atoms with Crippen LogP contribution in [0, 0.1) is 5.92 Å². The van der Waals surface area contributed by atoms with Crippen LogP contribution in [0.4, 0.5) is 5.13 Å². The second-order valence-electron chi connectivity index (χ2n) is 5.09. The molecule has 2 aromatic heterocycles. The van der Waals surface area contributed by atoms with Crippen molar-refractivity contribution in [3.05, 3.63) is 33.6 Å². The topological polar surface area (TPSA) is 57.8 Å². The number of hydrogen-bond acceptors (Lipinski definition) is 3. The molecule has 0 saturated carbocycles. The monoisotopic (exact) mass is 309 g/mol. The van der Waals surface area contributed by atoms with Crippen LogP contribution in [-0.4, -0.2) is 15.9 Å². The molecule has 1 atom stereocenters. The van der Waals surface area contributed by atoms with Crippen molar-refractivity contribution in [1.29, 1.82) is 0 Å². The molecule has 0 aromatic carbocycles. The van der Waals surface area contributed by atoms with Gasteiger partial charge in [-0.2, -0.15) is 0 Å². The van der Waals surface area contributed by atoms with Gasteiger partial charge in [-0.15, -0.1) is 11.3 Å². The summed E-state index contributed by atoms with van der Waals surface area (Å²) in [5.74, 6) is 0.559. The van der Waals surface area contributed by atoms with E-state index in [-0.39, 0.29) is 5.91 Å². The zero-order valence-corrected chi connectivity index (χ0v) is 12.8. The van der Waals surface area contributed by atoms with E-state index in [1.54, 1.807) is 23.6 Å². The molecular weight excluding hydrogens is 294 g/mol. The number of nitrogens with zero attached hydrogens (tertiary/aromatic N) is 1. The minimum atomic E-state index is -0.199. The van der Waals surface area contributed by atoms with Gasteiger partial charge in [-0.05, 0) is 31.2 Å². The molecule has 2 aromatic rings. The molecule has 0 radical (unpaired) electrons. The van der Waals surface area contributed by atoms with Crippen LogP contribution in [0.2, 0.25) is 5.02 Å². The number of aromatic amines is 1. The van der Waals surface area contributed by atoms with Gasteiger partial charge in [-0.1, -0.05) is 24.9 Å². The Labute approximate surface area is 126 Å². The van der Waals surface area contributed by atoms with E-state index >= 15 is 0 Å². The Morgan fingerprint density at radius 3 is 3.20 bits per heavy atom. The van der Waals surface area contributed by atoms with Gasteiger partial charge in [0.2, 0.25) is 0 Å². The van der Waals surface area contributed by atoms with Gasteiger partial charge in [0, 0.05) is 11.1 Å². The molecule has 106 valence electrons. The summed E-state index contributed by atoms with van der Waals surface area (Å²) in [6.07, 6.45) is 6.12. The van der Waals surface area contributed by atoms with E-state index in [1.807, 2.05) is 0 Å². The Balaban J connectivity index is 1.73. The second kappa shape index (κ2) is 5.58. The van der Waals surface area contributed by atoms with Crippen LogP contribution in [0.3, 0.4) is 0 Å². The van der Waals surface area contributed by atoms with Crippen molar-refractivity contribution in [3.63, 3.8) is 0 Å². The van der Waals surface area contributed by atoms with Crippen LogP contribution in [0.25, 0.3) is 0 Å². The predicted octanol–water partition coefficient (Wildman–Crippen LogP) is 3.89. The van der Waals surface area contributed by atoms with Gasteiger partial charge in [0.25, 0.3) is 5.91 Å².